The summed E-state index contributed by atoms with van der Waals surface area (Å²) in [5.74, 6) is -0.294. The molecule has 0 rings (SSSR count). The third kappa shape index (κ3) is 3.25. The number of hydrogen-bond acceptors (Lipinski definition) is 2. The van der Waals surface area contributed by atoms with Gasteiger partial charge in [0, 0.05) is 5.57 Å². The van der Waals surface area contributed by atoms with Crippen LogP contribution in [0.3, 0.4) is 0 Å². The molecule has 0 aliphatic heterocycles. The minimum Gasteiger partial charge on any atom is -0.366 e. The SMILES string of the molecule is CCC(C(N)=O)=C(C)C.N. The van der Waals surface area contributed by atoms with E-state index < -0.39 is 0 Å². The van der Waals surface area contributed by atoms with Crippen LogP contribution in [-0.2, 0) is 4.79 Å². The number of hydrogen-bond donors (Lipinski definition) is 2. The molecule has 0 aromatic heterocycles. The Kier molecular flexibility index (Phi) is 5.95. The van der Waals surface area contributed by atoms with Gasteiger partial charge >= 0.3 is 0 Å². The fourth-order valence-corrected chi connectivity index (χ4v) is 0.774. The van der Waals surface area contributed by atoms with Gasteiger partial charge in [-0.15, -0.1) is 0 Å². The van der Waals surface area contributed by atoms with Crippen LogP contribution >= 0.6 is 0 Å². The molecule has 0 aromatic carbocycles. The molecule has 0 aromatic rings. The zero-order valence-corrected chi connectivity index (χ0v) is 6.90. The van der Waals surface area contributed by atoms with E-state index in [2.05, 4.69) is 0 Å². The maximum atomic E-state index is 10.5. The molecular weight excluding hydrogens is 128 g/mol. The van der Waals surface area contributed by atoms with Gasteiger partial charge in [0.15, 0.2) is 0 Å². The highest BCUT2D eigenvalue weighted by atomic mass is 16.1. The molecule has 0 unspecified atom stereocenters. The van der Waals surface area contributed by atoms with E-state index in [1.165, 1.54) is 0 Å². The highest BCUT2D eigenvalue weighted by Gasteiger charge is 2.01. The Labute approximate surface area is 61.9 Å². The van der Waals surface area contributed by atoms with E-state index in [1.807, 2.05) is 20.8 Å². The second kappa shape index (κ2) is 4.99. The van der Waals surface area contributed by atoms with Gasteiger partial charge in [0.2, 0.25) is 5.91 Å². The van der Waals surface area contributed by atoms with Crippen molar-refractivity contribution in [2.24, 2.45) is 5.73 Å². The average molecular weight is 144 g/mol. The zero-order chi connectivity index (χ0) is 7.44. The highest BCUT2D eigenvalue weighted by Crippen LogP contribution is 2.05. The summed E-state index contributed by atoms with van der Waals surface area (Å²) in [5.41, 5.74) is 6.82. The van der Waals surface area contributed by atoms with Crippen molar-refractivity contribution >= 4 is 5.91 Å². The van der Waals surface area contributed by atoms with Gasteiger partial charge < -0.3 is 11.9 Å². The first-order valence-corrected chi connectivity index (χ1v) is 3.05. The van der Waals surface area contributed by atoms with Gasteiger partial charge in [-0.25, -0.2) is 0 Å². The van der Waals surface area contributed by atoms with Crippen LogP contribution in [0.2, 0.25) is 0 Å². The van der Waals surface area contributed by atoms with E-state index in [9.17, 15) is 4.79 Å². The van der Waals surface area contributed by atoms with Crippen molar-refractivity contribution in [2.45, 2.75) is 27.2 Å². The molecule has 60 valence electrons. The summed E-state index contributed by atoms with van der Waals surface area (Å²) < 4.78 is 0. The predicted molar refractivity (Wildman–Crippen MR) is 42.9 cm³/mol. The molecule has 0 heterocycles. The Balaban J connectivity index is 0. The van der Waals surface area contributed by atoms with Crippen LogP contribution in [-0.4, -0.2) is 5.91 Å². The molecule has 0 aliphatic rings. The van der Waals surface area contributed by atoms with E-state index in [1.54, 1.807) is 0 Å². The molecule has 0 radical (unpaired) electrons. The number of primary amides is 1. The number of amides is 1. The summed E-state index contributed by atoms with van der Waals surface area (Å²) in [5, 5.41) is 0. The summed E-state index contributed by atoms with van der Waals surface area (Å²) in [6, 6.07) is 0. The second-order valence-electron chi connectivity index (χ2n) is 2.20. The molecular formula is C7H16N2O. The van der Waals surface area contributed by atoms with Crippen LogP contribution in [0.5, 0.6) is 0 Å². The Morgan fingerprint density at radius 3 is 1.80 bits per heavy atom. The smallest absolute Gasteiger partial charge is 0.244 e. The topological polar surface area (TPSA) is 78.1 Å². The Morgan fingerprint density at radius 2 is 1.80 bits per heavy atom. The number of rotatable bonds is 2. The minimum absolute atomic E-state index is 0. The van der Waals surface area contributed by atoms with Gasteiger partial charge in [-0.2, -0.15) is 0 Å². The Morgan fingerprint density at radius 1 is 1.40 bits per heavy atom. The van der Waals surface area contributed by atoms with E-state index in [0.717, 1.165) is 17.6 Å². The number of allylic oxidation sites excluding steroid dienone is 1. The fourth-order valence-electron chi connectivity index (χ4n) is 0.774. The molecule has 3 nitrogen and oxygen atoms in total. The lowest BCUT2D eigenvalue weighted by molar-refractivity contribution is -0.114. The number of carbonyl (C=O) groups excluding carboxylic acids is 1. The molecule has 0 saturated carbocycles. The molecule has 10 heavy (non-hydrogen) atoms. The van der Waals surface area contributed by atoms with E-state index >= 15 is 0 Å². The van der Waals surface area contributed by atoms with Crippen LogP contribution in [0.25, 0.3) is 0 Å². The fraction of sp³-hybridized carbons (Fsp3) is 0.571. The lowest BCUT2D eigenvalue weighted by Gasteiger charge is -1.99. The maximum Gasteiger partial charge on any atom is 0.244 e. The molecule has 0 spiro atoms. The zero-order valence-electron chi connectivity index (χ0n) is 6.90. The van der Waals surface area contributed by atoms with Crippen molar-refractivity contribution in [3.63, 3.8) is 0 Å². The van der Waals surface area contributed by atoms with E-state index in [4.69, 9.17) is 5.73 Å². The lowest BCUT2D eigenvalue weighted by atomic mass is 10.1. The summed E-state index contributed by atoms with van der Waals surface area (Å²) in [4.78, 5) is 10.5. The van der Waals surface area contributed by atoms with Crippen molar-refractivity contribution < 1.29 is 4.79 Å². The van der Waals surface area contributed by atoms with Gasteiger partial charge in [0.05, 0.1) is 0 Å². The van der Waals surface area contributed by atoms with Crippen molar-refractivity contribution in [2.75, 3.05) is 0 Å². The monoisotopic (exact) mass is 144 g/mol. The summed E-state index contributed by atoms with van der Waals surface area (Å²) in [6.07, 6.45) is 0.734. The molecule has 0 bridgehead atoms. The van der Waals surface area contributed by atoms with Gasteiger partial charge in [-0.05, 0) is 20.3 Å². The van der Waals surface area contributed by atoms with Gasteiger partial charge in [-0.1, -0.05) is 12.5 Å². The largest absolute Gasteiger partial charge is 0.366 e. The van der Waals surface area contributed by atoms with Crippen molar-refractivity contribution in [3.05, 3.63) is 11.1 Å². The third-order valence-corrected chi connectivity index (χ3v) is 1.25. The van der Waals surface area contributed by atoms with Crippen LogP contribution in [0.15, 0.2) is 11.1 Å². The van der Waals surface area contributed by atoms with E-state index in [0.29, 0.717) is 0 Å². The highest BCUT2D eigenvalue weighted by molar-refractivity contribution is 5.92. The normalized spacial score (nSPS) is 7.90. The molecule has 0 aliphatic carbocycles. The molecule has 1 amide bonds. The number of nitrogens with two attached hydrogens (primary N) is 1. The van der Waals surface area contributed by atoms with Crippen molar-refractivity contribution in [1.29, 1.82) is 0 Å². The first-order valence-electron chi connectivity index (χ1n) is 3.05. The first kappa shape index (κ1) is 11.9. The minimum atomic E-state index is -0.294. The van der Waals surface area contributed by atoms with Crippen LogP contribution in [0.4, 0.5) is 0 Å². The quantitative estimate of drug-likeness (QED) is 0.574. The van der Waals surface area contributed by atoms with Crippen LogP contribution < -0.4 is 11.9 Å². The molecule has 3 heteroatoms. The maximum absolute atomic E-state index is 10.5. The van der Waals surface area contributed by atoms with Crippen molar-refractivity contribution in [1.82, 2.24) is 6.15 Å². The van der Waals surface area contributed by atoms with Gasteiger partial charge in [0.25, 0.3) is 0 Å². The third-order valence-electron chi connectivity index (χ3n) is 1.25. The molecule has 0 saturated heterocycles. The second-order valence-corrected chi connectivity index (χ2v) is 2.20. The molecule has 0 atom stereocenters. The van der Waals surface area contributed by atoms with Crippen LogP contribution in [0, 0.1) is 0 Å². The average Bonchev–Trinajstić information content (AvgIpc) is 1.64. The Bertz CT molecular complexity index is 146. The summed E-state index contributed by atoms with van der Waals surface area (Å²) in [6.45, 7) is 5.71. The van der Waals surface area contributed by atoms with Gasteiger partial charge in [-0.3, -0.25) is 4.79 Å². The molecule has 0 fully saturated rings. The number of carbonyl (C=O) groups is 1. The van der Waals surface area contributed by atoms with Crippen molar-refractivity contribution in [3.8, 4) is 0 Å². The van der Waals surface area contributed by atoms with Crippen LogP contribution in [0.1, 0.15) is 27.2 Å². The molecule has 5 N–H and O–H groups in total. The van der Waals surface area contributed by atoms with Gasteiger partial charge in [0.1, 0.15) is 0 Å². The Hall–Kier alpha value is -0.830. The first-order chi connectivity index (χ1) is 4.09. The van der Waals surface area contributed by atoms with E-state index in [-0.39, 0.29) is 12.1 Å². The summed E-state index contributed by atoms with van der Waals surface area (Å²) in [7, 11) is 0. The lowest BCUT2D eigenvalue weighted by Crippen LogP contribution is -2.14. The standard InChI is InChI=1S/C7H13NO.H3N/c1-4-6(5(2)3)7(8)9;/h4H2,1-3H3,(H2,8,9);1H3. The predicted octanol–water partition coefficient (Wildman–Crippen LogP) is 1.38. The summed E-state index contributed by atoms with van der Waals surface area (Å²) >= 11 is 0.